The standard InChI is InChI=1S/C23H24ClN3O3S/c1-30-20-9-8-16(24)12-18(20)25-22(28)15-31-21-13-27(19-7-3-2-6-17(19)21)14-23(29)26-10-4-5-11-26/h2-3,6-9,12-13H,4-5,10-11,14-15H2,1H3,(H,25,28). The molecule has 0 saturated carbocycles. The number of hydrogen-bond acceptors (Lipinski definition) is 4. The monoisotopic (exact) mass is 457 g/mol. The summed E-state index contributed by atoms with van der Waals surface area (Å²) in [5, 5.41) is 4.42. The van der Waals surface area contributed by atoms with Gasteiger partial charge in [0.15, 0.2) is 0 Å². The van der Waals surface area contributed by atoms with Gasteiger partial charge in [-0.1, -0.05) is 29.8 Å². The van der Waals surface area contributed by atoms with Gasteiger partial charge in [0, 0.05) is 40.1 Å². The maximum atomic E-state index is 12.6. The first-order chi connectivity index (χ1) is 15.0. The average Bonchev–Trinajstić information content (AvgIpc) is 3.42. The number of halogens is 1. The Morgan fingerprint density at radius 2 is 1.94 bits per heavy atom. The lowest BCUT2D eigenvalue weighted by Crippen LogP contribution is -2.30. The van der Waals surface area contributed by atoms with Crippen molar-refractivity contribution >= 4 is 51.8 Å². The molecule has 8 heteroatoms. The van der Waals surface area contributed by atoms with Crippen molar-refractivity contribution in [2.75, 3.05) is 31.3 Å². The summed E-state index contributed by atoms with van der Waals surface area (Å²) in [7, 11) is 1.55. The third-order valence-corrected chi connectivity index (χ3v) is 6.59. The Morgan fingerprint density at radius 3 is 2.71 bits per heavy atom. The molecule has 0 spiro atoms. The summed E-state index contributed by atoms with van der Waals surface area (Å²) in [6.07, 6.45) is 4.12. The van der Waals surface area contributed by atoms with Crippen molar-refractivity contribution in [3.05, 3.63) is 53.7 Å². The molecule has 0 radical (unpaired) electrons. The first-order valence-electron chi connectivity index (χ1n) is 10.2. The van der Waals surface area contributed by atoms with Crippen LogP contribution in [0.15, 0.2) is 53.6 Å². The highest BCUT2D eigenvalue weighted by atomic mass is 35.5. The number of nitrogens with zero attached hydrogens (tertiary/aromatic N) is 2. The van der Waals surface area contributed by atoms with Crippen LogP contribution in [-0.4, -0.2) is 47.2 Å². The van der Waals surface area contributed by atoms with Crippen LogP contribution >= 0.6 is 23.4 Å². The Hall–Kier alpha value is -2.64. The summed E-state index contributed by atoms with van der Waals surface area (Å²) in [5.41, 5.74) is 1.54. The quantitative estimate of drug-likeness (QED) is 0.524. The number of benzene rings is 2. The van der Waals surface area contributed by atoms with Gasteiger partial charge in [0.2, 0.25) is 11.8 Å². The van der Waals surface area contributed by atoms with E-state index in [0.717, 1.165) is 41.7 Å². The number of carbonyl (C=O) groups excluding carboxylic acids is 2. The first kappa shape index (κ1) is 21.6. The molecule has 1 saturated heterocycles. The molecular weight excluding hydrogens is 434 g/mol. The summed E-state index contributed by atoms with van der Waals surface area (Å²) < 4.78 is 7.27. The number of thioether (sulfide) groups is 1. The summed E-state index contributed by atoms with van der Waals surface area (Å²) in [4.78, 5) is 28.1. The smallest absolute Gasteiger partial charge is 0.242 e. The molecule has 0 unspecified atom stereocenters. The summed E-state index contributed by atoms with van der Waals surface area (Å²) >= 11 is 7.48. The molecule has 0 aliphatic carbocycles. The molecule has 2 amide bonds. The number of methoxy groups -OCH3 is 1. The van der Waals surface area contributed by atoms with Gasteiger partial charge in [0.1, 0.15) is 12.3 Å². The number of rotatable bonds is 7. The number of nitrogens with one attached hydrogen (secondary N) is 1. The van der Waals surface area contributed by atoms with Gasteiger partial charge in [0.25, 0.3) is 0 Å². The predicted molar refractivity (Wildman–Crippen MR) is 125 cm³/mol. The lowest BCUT2D eigenvalue weighted by molar-refractivity contribution is -0.130. The number of ether oxygens (including phenoxy) is 1. The van der Waals surface area contributed by atoms with E-state index in [9.17, 15) is 9.59 Å². The zero-order chi connectivity index (χ0) is 21.8. The van der Waals surface area contributed by atoms with Crippen molar-refractivity contribution in [3.8, 4) is 5.75 Å². The fourth-order valence-corrected chi connectivity index (χ4v) is 4.84. The van der Waals surface area contributed by atoms with Gasteiger partial charge in [-0.2, -0.15) is 0 Å². The Bertz CT molecular complexity index is 1110. The van der Waals surface area contributed by atoms with E-state index in [-0.39, 0.29) is 17.6 Å². The van der Waals surface area contributed by atoms with Gasteiger partial charge in [0.05, 0.1) is 18.6 Å². The molecule has 4 rings (SSSR count). The second-order valence-electron chi connectivity index (χ2n) is 7.41. The zero-order valence-corrected chi connectivity index (χ0v) is 18.8. The molecule has 3 aromatic rings. The topological polar surface area (TPSA) is 63.6 Å². The second-order valence-corrected chi connectivity index (χ2v) is 8.86. The number of carbonyl (C=O) groups is 2. The molecule has 6 nitrogen and oxygen atoms in total. The fraction of sp³-hybridized carbons (Fsp3) is 0.304. The number of para-hydroxylation sites is 1. The number of amides is 2. The van der Waals surface area contributed by atoms with Crippen LogP contribution in [-0.2, 0) is 16.1 Å². The van der Waals surface area contributed by atoms with Gasteiger partial charge in [-0.25, -0.2) is 0 Å². The largest absolute Gasteiger partial charge is 0.495 e. The Labute approximate surface area is 190 Å². The minimum absolute atomic E-state index is 0.139. The van der Waals surface area contributed by atoms with Crippen molar-refractivity contribution in [3.63, 3.8) is 0 Å². The molecule has 2 heterocycles. The van der Waals surface area contributed by atoms with E-state index in [4.69, 9.17) is 16.3 Å². The van der Waals surface area contributed by atoms with Crippen LogP contribution in [0, 0.1) is 0 Å². The summed E-state index contributed by atoms with van der Waals surface area (Å²) in [6.45, 7) is 1.99. The highest BCUT2D eigenvalue weighted by Crippen LogP contribution is 2.31. The molecule has 0 atom stereocenters. The minimum atomic E-state index is -0.157. The SMILES string of the molecule is COc1ccc(Cl)cc1NC(=O)CSc1cn(CC(=O)N2CCCC2)c2ccccc12. The van der Waals surface area contributed by atoms with Gasteiger partial charge in [-0.15, -0.1) is 11.8 Å². The van der Waals surface area contributed by atoms with Gasteiger partial charge < -0.3 is 19.5 Å². The third kappa shape index (κ3) is 4.99. The van der Waals surface area contributed by atoms with Crippen molar-refractivity contribution < 1.29 is 14.3 Å². The van der Waals surface area contributed by atoms with E-state index in [1.165, 1.54) is 11.8 Å². The van der Waals surface area contributed by atoms with Crippen LogP contribution in [0.3, 0.4) is 0 Å². The Morgan fingerprint density at radius 1 is 1.16 bits per heavy atom. The maximum absolute atomic E-state index is 12.6. The van der Waals surface area contributed by atoms with Crippen LogP contribution in [0.4, 0.5) is 5.69 Å². The van der Waals surface area contributed by atoms with Crippen LogP contribution in [0.1, 0.15) is 12.8 Å². The van der Waals surface area contributed by atoms with Crippen LogP contribution in [0.25, 0.3) is 10.9 Å². The maximum Gasteiger partial charge on any atom is 0.242 e. The van der Waals surface area contributed by atoms with E-state index >= 15 is 0 Å². The van der Waals surface area contributed by atoms with E-state index in [2.05, 4.69) is 5.32 Å². The summed E-state index contributed by atoms with van der Waals surface area (Å²) in [6, 6.07) is 13.1. The fourth-order valence-electron chi connectivity index (χ4n) is 3.78. The van der Waals surface area contributed by atoms with Crippen LogP contribution in [0.2, 0.25) is 5.02 Å². The lowest BCUT2D eigenvalue weighted by Gasteiger charge is -2.15. The molecule has 31 heavy (non-hydrogen) atoms. The predicted octanol–water partition coefficient (Wildman–Crippen LogP) is 4.66. The van der Waals surface area contributed by atoms with E-state index in [1.54, 1.807) is 25.3 Å². The zero-order valence-electron chi connectivity index (χ0n) is 17.3. The Balaban J connectivity index is 1.46. The first-order valence-corrected chi connectivity index (χ1v) is 11.5. The molecule has 1 aliphatic heterocycles. The van der Waals surface area contributed by atoms with Crippen molar-refractivity contribution in [2.45, 2.75) is 24.3 Å². The normalized spacial score (nSPS) is 13.5. The molecule has 1 N–H and O–H groups in total. The third-order valence-electron chi connectivity index (χ3n) is 5.31. The number of likely N-dealkylation sites (tertiary alicyclic amines) is 1. The highest BCUT2D eigenvalue weighted by molar-refractivity contribution is 8.00. The van der Waals surface area contributed by atoms with Gasteiger partial charge in [-0.05, 0) is 37.1 Å². The molecule has 2 aromatic carbocycles. The minimum Gasteiger partial charge on any atom is -0.495 e. The number of aromatic nitrogens is 1. The van der Waals surface area contributed by atoms with E-state index < -0.39 is 0 Å². The molecule has 0 bridgehead atoms. The molecule has 1 fully saturated rings. The number of fused-ring (bicyclic) bond motifs is 1. The number of anilines is 1. The van der Waals surface area contributed by atoms with Gasteiger partial charge in [-0.3, -0.25) is 9.59 Å². The van der Waals surface area contributed by atoms with Gasteiger partial charge >= 0.3 is 0 Å². The highest BCUT2D eigenvalue weighted by Gasteiger charge is 2.20. The van der Waals surface area contributed by atoms with Crippen molar-refractivity contribution in [2.24, 2.45) is 0 Å². The van der Waals surface area contributed by atoms with E-state index in [1.807, 2.05) is 39.9 Å². The Kier molecular flexibility index (Phi) is 6.73. The summed E-state index contributed by atoms with van der Waals surface area (Å²) in [5.74, 6) is 0.764. The number of hydrogen-bond donors (Lipinski definition) is 1. The lowest BCUT2D eigenvalue weighted by atomic mass is 10.2. The second kappa shape index (κ2) is 9.66. The van der Waals surface area contributed by atoms with Crippen LogP contribution < -0.4 is 10.1 Å². The molecule has 1 aliphatic rings. The average molecular weight is 458 g/mol. The molecule has 162 valence electrons. The van der Waals surface area contributed by atoms with Crippen molar-refractivity contribution in [1.29, 1.82) is 0 Å². The van der Waals surface area contributed by atoms with Crippen LogP contribution in [0.5, 0.6) is 5.75 Å². The van der Waals surface area contributed by atoms with E-state index in [0.29, 0.717) is 23.0 Å². The van der Waals surface area contributed by atoms with Crippen molar-refractivity contribution in [1.82, 2.24) is 9.47 Å². The molecule has 1 aromatic heterocycles. The molecular formula is C23H24ClN3O3S.